The van der Waals surface area contributed by atoms with Gasteiger partial charge in [0.15, 0.2) is 5.75 Å². The maximum Gasteiger partial charge on any atom is 0.163 e. The Bertz CT molecular complexity index is 555. The first-order valence-corrected chi connectivity index (χ1v) is 5.94. The van der Waals surface area contributed by atoms with Gasteiger partial charge in [0.25, 0.3) is 0 Å². The summed E-state index contributed by atoms with van der Waals surface area (Å²) in [6.07, 6.45) is 0. The number of nitrogens with two attached hydrogens (primary N) is 1. The van der Waals surface area contributed by atoms with E-state index in [0.29, 0.717) is 13.2 Å². The van der Waals surface area contributed by atoms with E-state index in [1.165, 1.54) is 0 Å². The molecule has 0 aromatic carbocycles. The van der Waals surface area contributed by atoms with Crippen LogP contribution in [0.15, 0.2) is 10.5 Å². The van der Waals surface area contributed by atoms with E-state index in [9.17, 15) is 0 Å². The van der Waals surface area contributed by atoms with E-state index in [0.717, 1.165) is 34.2 Å². The van der Waals surface area contributed by atoms with Crippen LogP contribution in [0, 0.1) is 20.8 Å². The average molecular weight is 249 g/mol. The lowest BCUT2D eigenvalue weighted by molar-refractivity contribution is 0.298. The van der Waals surface area contributed by atoms with Gasteiger partial charge in [-0.1, -0.05) is 0 Å². The summed E-state index contributed by atoms with van der Waals surface area (Å²) in [6, 6.07) is 1.94. The summed E-state index contributed by atoms with van der Waals surface area (Å²) in [4.78, 5) is 0. The first kappa shape index (κ1) is 12.7. The minimum Gasteiger partial charge on any atom is -0.485 e. The molecule has 5 heteroatoms. The summed E-state index contributed by atoms with van der Waals surface area (Å²) in [7, 11) is 1.91. The summed E-state index contributed by atoms with van der Waals surface area (Å²) >= 11 is 0. The van der Waals surface area contributed by atoms with Crippen LogP contribution in [-0.2, 0) is 20.2 Å². The van der Waals surface area contributed by atoms with Gasteiger partial charge < -0.3 is 14.9 Å². The first-order chi connectivity index (χ1) is 8.52. The zero-order valence-electron chi connectivity index (χ0n) is 11.3. The Morgan fingerprint density at radius 2 is 2.11 bits per heavy atom. The second kappa shape index (κ2) is 4.86. The number of rotatable bonds is 4. The molecular weight excluding hydrogens is 230 g/mol. The number of aryl methyl sites for hydroxylation is 3. The zero-order chi connectivity index (χ0) is 13.3. The van der Waals surface area contributed by atoms with E-state index in [4.69, 9.17) is 14.9 Å². The molecule has 0 aliphatic rings. The smallest absolute Gasteiger partial charge is 0.163 e. The fraction of sp³-hybridized carbons (Fsp3) is 0.462. The molecule has 0 unspecified atom stereocenters. The lowest BCUT2D eigenvalue weighted by Gasteiger charge is -2.05. The quantitative estimate of drug-likeness (QED) is 0.899. The lowest BCUT2D eigenvalue weighted by Crippen LogP contribution is -1.98. The summed E-state index contributed by atoms with van der Waals surface area (Å²) in [5, 5.41) is 4.31. The van der Waals surface area contributed by atoms with Gasteiger partial charge in [-0.2, -0.15) is 5.10 Å². The van der Waals surface area contributed by atoms with E-state index in [1.54, 1.807) is 0 Å². The van der Waals surface area contributed by atoms with Crippen LogP contribution in [0.1, 0.15) is 28.5 Å². The topological polar surface area (TPSA) is 66.2 Å². The molecule has 2 heterocycles. The molecule has 0 amide bonds. The van der Waals surface area contributed by atoms with Crippen LogP contribution in [0.3, 0.4) is 0 Å². The van der Waals surface area contributed by atoms with Crippen LogP contribution >= 0.6 is 0 Å². The van der Waals surface area contributed by atoms with Crippen LogP contribution in [0.25, 0.3) is 0 Å². The number of ether oxygens (including phenoxy) is 1. The van der Waals surface area contributed by atoms with E-state index in [2.05, 4.69) is 5.10 Å². The Balaban J connectivity index is 2.13. The highest BCUT2D eigenvalue weighted by molar-refractivity contribution is 5.32. The van der Waals surface area contributed by atoms with E-state index >= 15 is 0 Å². The van der Waals surface area contributed by atoms with Gasteiger partial charge in [0.2, 0.25) is 0 Å². The molecule has 2 aromatic rings. The van der Waals surface area contributed by atoms with Gasteiger partial charge in [-0.15, -0.1) is 0 Å². The van der Waals surface area contributed by atoms with Gasteiger partial charge in [0.05, 0.1) is 12.2 Å². The minimum absolute atomic E-state index is 0.409. The Morgan fingerprint density at radius 1 is 1.39 bits per heavy atom. The molecule has 98 valence electrons. The average Bonchev–Trinajstić information content (AvgIpc) is 2.80. The van der Waals surface area contributed by atoms with E-state index in [1.807, 2.05) is 38.6 Å². The summed E-state index contributed by atoms with van der Waals surface area (Å²) < 4.78 is 13.1. The molecular formula is C13H19N3O2. The summed E-state index contributed by atoms with van der Waals surface area (Å²) in [6.45, 7) is 6.73. The molecule has 0 spiro atoms. The molecule has 2 N–H and O–H groups in total. The van der Waals surface area contributed by atoms with Crippen LogP contribution in [-0.4, -0.2) is 9.78 Å². The van der Waals surface area contributed by atoms with Crippen molar-refractivity contribution in [1.82, 2.24) is 9.78 Å². The molecule has 0 aliphatic carbocycles. The van der Waals surface area contributed by atoms with Crippen molar-refractivity contribution in [1.29, 1.82) is 0 Å². The van der Waals surface area contributed by atoms with Crippen LogP contribution < -0.4 is 10.5 Å². The number of aromatic nitrogens is 2. The van der Waals surface area contributed by atoms with Crippen LogP contribution in [0.2, 0.25) is 0 Å². The highest BCUT2D eigenvalue weighted by Gasteiger charge is 2.12. The second-order valence-corrected chi connectivity index (χ2v) is 4.41. The standard InChI is InChI=1S/C13H19N3O2/c1-8-13(9(2)16(4)15-8)17-7-11-5-12(6-14)18-10(11)3/h5H,6-7,14H2,1-4H3. The first-order valence-electron chi connectivity index (χ1n) is 5.94. The molecule has 0 fully saturated rings. The number of furan rings is 1. The monoisotopic (exact) mass is 249 g/mol. The fourth-order valence-electron chi connectivity index (χ4n) is 1.94. The Morgan fingerprint density at radius 3 is 2.61 bits per heavy atom. The molecule has 0 saturated heterocycles. The van der Waals surface area contributed by atoms with E-state index < -0.39 is 0 Å². The molecule has 2 aromatic heterocycles. The maximum absolute atomic E-state index is 5.83. The van der Waals surface area contributed by atoms with Crippen molar-refractivity contribution in [3.8, 4) is 5.75 Å². The fourth-order valence-corrected chi connectivity index (χ4v) is 1.94. The second-order valence-electron chi connectivity index (χ2n) is 4.41. The normalized spacial score (nSPS) is 10.9. The molecule has 2 rings (SSSR count). The van der Waals surface area contributed by atoms with Crippen molar-refractivity contribution >= 4 is 0 Å². The van der Waals surface area contributed by atoms with Gasteiger partial charge in [0.1, 0.15) is 23.8 Å². The third-order valence-corrected chi connectivity index (χ3v) is 3.09. The van der Waals surface area contributed by atoms with Crippen molar-refractivity contribution in [3.63, 3.8) is 0 Å². The van der Waals surface area contributed by atoms with Gasteiger partial charge in [-0.25, -0.2) is 0 Å². The third kappa shape index (κ3) is 2.26. The highest BCUT2D eigenvalue weighted by atomic mass is 16.5. The van der Waals surface area contributed by atoms with Crippen LogP contribution in [0.4, 0.5) is 0 Å². The largest absolute Gasteiger partial charge is 0.485 e. The van der Waals surface area contributed by atoms with Crippen molar-refractivity contribution in [2.24, 2.45) is 12.8 Å². The molecule has 18 heavy (non-hydrogen) atoms. The lowest BCUT2D eigenvalue weighted by atomic mass is 10.2. The van der Waals surface area contributed by atoms with Gasteiger partial charge >= 0.3 is 0 Å². The van der Waals surface area contributed by atoms with Crippen molar-refractivity contribution in [2.75, 3.05) is 0 Å². The number of hydrogen-bond donors (Lipinski definition) is 1. The number of hydrogen-bond acceptors (Lipinski definition) is 4. The Kier molecular flexibility index (Phi) is 3.43. The van der Waals surface area contributed by atoms with Gasteiger partial charge in [-0.05, 0) is 26.8 Å². The molecule has 0 radical (unpaired) electrons. The molecule has 0 aliphatic heterocycles. The van der Waals surface area contributed by atoms with Crippen molar-refractivity contribution < 1.29 is 9.15 Å². The maximum atomic E-state index is 5.83. The van der Waals surface area contributed by atoms with Crippen molar-refractivity contribution in [3.05, 3.63) is 34.5 Å². The third-order valence-electron chi connectivity index (χ3n) is 3.09. The predicted molar refractivity (Wildman–Crippen MR) is 68.4 cm³/mol. The SMILES string of the molecule is Cc1nn(C)c(C)c1OCc1cc(CN)oc1C. The molecule has 0 bridgehead atoms. The van der Waals surface area contributed by atoms with Crippen molar-refractivity contribution in [2.45, 2.75) is 33.9 Å². The summed E-state index contributed by atoms with van der Waals surface area (Å²) in [5.41, 5.74) is 8.49. The van der Waals surface area contributed by atoms with Gasteiger partial charge in [-0.3, -0.25) is 4.68 Å². The van der Waals surface area contributed by atoms with Gasteiger partial charge in [0, 0.05) is 12.6 Å². The zero-order valence-corrected chi connectivity index (χ0v) is 11.3. The van der Waals surface area contributed by atoms with Crippen LogP contribution in [0.5, 0.6) is 5.75 Å². The molecule has 5 nitrogen and oxygen atoms in total. The Labute approximate surface area is 107 Å². The van der Waals surface area contributed by atoms with E-state index in [-0.39, 0.29) is 0 Å². The number of nitrogens with zero attached hydrogens (tertiary/aromatic N) is 2. The Hall–Kier alpha value is -1.75. The molecule has 0 saturated carbocycles. The predicted octanol–water partition coefficient (Wildman–Crippen LogP) is 1.98. The minimum atomic E-state index is 0.409. The summed E-state index contributed by atoms with van der Waals surface area (Å²) in [5.74, 6) is 2.48. The highest BCUT2D eigenvalue weighted by Crippen LogP contribution is 2.24. The molecule has 0 atom stereocenters.